The summed E-state index contributed by atoms with van der Waals surface area (Å²) in [5, 5.41) is 80.8. The number of benzene rings is 2. The zero-order chi connectivity index (χ0) is 31.8. The van der Waals surface area contributed by atoms with Gasteiger partial charge in [-0.2, -0.15) is 0 Å². The van der Waals surface area contributed by atoms with Crippen molar-refractivity contribution in [2.45, 2.75) is 59.6 Å². The molecule has 0 radical (unpaired) electrons. The monoisotopic (exact) mass is 648 g/mol. The van der Waals surface area contributed by atoms with Gasteiger partial charge in [0, 0.05) is 11.1 Å². The lowest BCUT2D eigenvalue weighted by Crippen LogP contribution is -2.58. The fourth-order valence-corrected chi connectivity index (χ4v) is 6.84. The van der Waals surface area contributed by atoms with Crippen LogP contribution in [0.2, 0.25) is 0 Å². The predicted octanol–water partition coefficient (Wildman–Crippen LogP) is -0.125. The first-order valence-corrected chi connectivity index (χ1v) is 14.9. The molecule has 2 aromatic carbocycles. The zero-order valence-corrected chi connectivity index (χ0v) is 24.1. The van der Waals surface area contributed by atoms with E-state index in [0.29, 0.717) is 11.1 Å². The van der Waals surface area contributed by atoms with Crippen molar-refractivity contribution in [3.63, 3.8) is 0 Å². The summed E-state index contributed by atoms with van der Waals surface area (Å²) < 4.78 is 41.5. The van der Waals surface area contributed by atoms with Crippen molar-refractivity contribution >= 4 is 11.8 Å². The fourth-order valence-electron chi connectivity index (χ4n) is 5.52. The zero-order valence-electron chi connectivity index (χ0n) is 23.3. The van der Waals surface area contributed by atoms with Gasteiger partial charge < -0.3 is 40.1 Å². The molecule has 6 N–H and O–H groups in total. The highest BCUT2D eigenvalue weighted by atomic mass is 32.2. The van der Waals surface area contributed by atoms with E-state index >= 15 is 0 Å². The maximum Gasteiger partial charge on any atom is 0.134 e. The fraction of sp³-hybridized carbons (Fsp3) is 0.429. The number of halogens is 2. The lowest BCUT2D eigenvalue weighted by atomic mass is 9.97. The Bertz CT molecular complexity index is 1500. The second-order valence-corrected chi connectivity index (χ2v) is 11.9. The Labute approximate surface area is 258 Å². The Morgan fingerprint density at radius 3 is 1.47 bits per heavy atom. The molecule has 240 valence electrons. The minimum absolute atomic E-state index is 0.268. The molecule has 45 heavy (non-hydrogen) atoms. The van der Waals surface area contributed by atoms with E-state index in [1.165, 1.54) is 58.2 Å². The second kappa shape index (κ2) is 13.1. The van der Waals surface area contributed by atoms with Gasteiger partial charge in [0.1, 0.15) is 82.6 Å². The Morgan fingerprint density at radius 2 is 1.09 bits per heavy atom. The number of rotatable bonds is 8. The molecular formula is C28H30F2N6O8S. The van der Waals surface area contributed by atoms with Gasteiger partial charge in [0.25, 0.3) is 0 Å². The van der Waals surface area contributed by atoms with E-state index in [1.54, 1.807) is 12.1 Å². The third-order valence-electron chi connectivity index (χ3n) is 7.84. The summed E-state index contributed by atoms with van der Waals surface area (Å²) in [7, 11) is 0. The SMILES string of the molecule is OCC1O[C@@H](S[C@@H]2O[C@H](CO)C(O)C(n3cc(-c4cccc(F)c4)nn3)[C@H]2O)C(O)[C@@H](n2cc(-c3cccc(F)c3)nn2)[C@H]1O. The van der Waals surface area contributed by atoms with E-state index < -0.39 is 84.4 Å². The first-order chi connectivity index (χ1) is 21.7. The highest BCUT2D eigenvalue weighted by Gasteiger charge is 2.51. The highest BCUT2D eigenvalue weighted by molar-refractivity contribution is 8.00. The summed E-state index contributed by atoms with van der Waals surface area (Å²) >= 11 is 0.796. The molecule has 2 aliphatic heterocycles. The van der Waals surface area contributed by atoms with E-state index in [2.05, 4.69) is 20.6 Å². The molecule has 0 spiro atoms. The smallest absolute Gasteiger partial charge is 0.134 e. The Kier molecular flexibility index (Phi) is 9.23. The number of aliphatic hydroxyl groups is 6. The van der Waals surface area contributed by atoms with Gasteiger partial charge >= 0.3 is 0 Å². The third kappa shape index (κ3) is 6.23. The van der Waals surface area contributed by atoms with Crippen LogP contribution in [0.1, 0.15) is 12.1 Å². The third-order valence-corrected chi connectivity index (χ3v) is 9.15. The molecule has 0 bridgehead atoms. The van der Waals surface area contributed by atoms with Gasteiger partial charge in [-0.1, -0.05) is 46.5 Å². The molecule has 0 aliphatic carbocycles. The standard InChI is InChI=1S/C28H30F2N6O8S/c29-15-5-1-3-13(7-15)17-9-35(33-31-17)21-23(39)19(11-37)43-27(25(21)41)45-28-26(42)22(24(40)20(12-38)44-28)36-10-18(32-34-36)14-4-2-6-16(30)8-14/h1-10,19-28,37-42H,11-12H2/t19-,20?,21?,22+,23?,24+,25-,26?,27+,28+/m1/s1. The molecular weight excluding hydrogens is 618 g/mol. The van der Waals surface area contributed by atoms with Crippen LogP contribution >= 0.6 is 11.8 Å². The topological polar surface area (TPSA) is 201 Å². The number of hydrogen-bond acceptors (Lipinski definition) is 13. The van der Waals surface area contributed by atoms with Crippen LogP contribution in [0.25, 0.3) is 22.5 Å². The Hall–Kier alpha value is -3.39. The molecule has 4 aromatic rings. The summed E-state index contributed by atoms with van der Waals surface area (Å²) in [5.41, 5.74) is -1.10. The van der Waals surface area contributed by atoms with Crippen molar-refractivity contribution in [2.24, 2.45) is 0 Å². The summed E-state index contributed by atoms with van der Waals surface area (Å²) in [6.07, 6.45) is -5.48. The number of thioether (sulfide) groups is 1. The van der Waals surface area contributed by atoms with Gasteiger partial charge in [-0.15, -0.1) is 10.2 Å². The minimum Gasteiger partial charge on any atom is -0.394 e. The summed E-state index contributed by atoms with van der Waals surface area (Å²) in [6.45, 7) is -1.27. The number of nitrogens with zero attached hydrogens (tertiary/aromatic N) is 6. The van der Waals surface area contributed by atoms with E-state index in [-0.39, 0.29) is 11.4 Å². The van der Waals surface area contributed by atoms with Crippen molar-refractivity contribution in [2.75, 3.05) is 13.2 Å². The lowest BCUT2D eigenvalue weighted by Gasteiger charge is -2.46. The van der Waals surface area contributed by atoms with Crippen molar-refractivity contribution in [3.8, 4) is 22.5 Å². The Balaban J connectivity index is 1.25. The molecule has 2 aromatic heterocycles. The van der Waals surface area contributed by atoms with Gasteiger partial charge in [-0.25, -0.2) is 18.1 Å². The van der Waals surface area contributed by atoms with Gasteiger partial charge in [0.05, 0.1) is 25.6 Å². The summed E-state index contributed by atoms with van der Waals surface area (Å²) in [4.78, 5) is 0. The summed E-state index contributed by atoms with van der Waals surface area (Å²) in [6, 6.07) is 8.88. The Morgan fingerprint density at radius 1 is 0.667 bits per heavy atom. The van der Waals surface area contributed by atoms with Crippen molar-refractivity contribution in [1.82, 2.24) is 30.0 Å². The maximum absolute atomic E-state index is 13.8. The van der Waals surface area contributed by atoms with Crippen LogP contribution in [0.15, 0.2) is 60.9 Å². The van der Waals surface area contributed by atoms with E-state index in [4.69, 9.17) is 9.47 Å². The molecule has 10 atom stereocenters. The maximum atomic E-state index is 13.8. The van der Waals surface area contributed by atoms with E-state index in [1.807, 2.05) is 0 Å². The van der Waals surface area contributed by atoms with Crippen LogP contribution in [0, 0.1) is 11.6 Å². The molecule has 4 unspecified atom stereocenters. The van der Waals surface area contributed by atoms with Crippen LogP contribution < -0.4 is 0 Å². The van der Waals surface area contributed by atoms with Gasteiger partial charge in [0.2, 0.25) is 0 Å². The number of ether oxygens (including phenoxy) is 2. The van der Waals surface area contributed by atoms with Crippen molar-refractivity contribution < 1.29 is 48.9 Å². The normalized spacial score (nSPS) is 32.1. The van der Waals surface area contributed by atoms with Gasteiger partial charge in [-0.05, 0) is 24.3 Å². The first-order valence-electron chi connectivity index (χ1n) is 13.9. The largest absolute Gasteiger partial charge is 0.394 e. The molecule has 17 heteroatoms. The van der Waals surface area contributed by atoms with Crippen molar-refractivity contribution in [1.29, 1.82) is 0 Å². The predicted molar refractivity (Wildman–Crippen MR) is 152 cm³/mol. The van der Waals surface area contributed by atoms with Crippen molar-refractivity contribution in [3.05, 3.63) is 72.6 Å². The number of aliphatic hydroxyl groups excluding tert-OH is 6. The number of hydrogen-bond donors (Lipinski definition) is 6. The summed E-state index contributed by atoms with van der Waals surface area (Å²) in [5.74, 6) is -0.978. The molecule has 4 heterocycles. The molecule has 0 amide bonds. The van der Waals surface area contributed by atoms with Crippen LogP contribution in [0.4, 0.5) is 8.78 Å². The van der Waals surface area contributed by atoms with Crippen LogP contribution in [0.3, 0.4) is 0 Å². The number of aromatic nitrogens is 6. The average molecular weight is 649 g/mol. The average Bonchev–Trinajstić information content (AvgIpc) is 3.71. The molecule has 2 fully saturated rings. The highest BCUT2D eigenvalue weighted by Crippen LogP contribution is 2.42. The van der Waals surface area contributed by atoms with E-state index in [0.717, 1.165) is 11.8 Å². The molecule has 14 nitrogen and oxygen atoms in total. The molecule has 2 aliphatic rings. The molecule has 2 saturated heterocycles. The second-order valence-electron chi connectivity index (χ2n) is 10.7. The van der Waals surface area contributed by atoms with Gasteiger partial charge in [0.15, 0.2) is 0 Å². The quantitative estimate of drug-likeness (QED) is 0.148. The van der Waals surface area contributed by atoms with Crippen LogP contribution in [0.5, 0.6) is 0 Å². The minimum atomic E-state index is -1.51. The molecule has 0 saturated carbocycles. The molecule has 6 rings (SSSR count). The first kappa shape index (κ1) is 31.6. The van der Waals surface area contributed by atoms with Crippen LogP contribution in [-0.2, 0) is 9.47 Å². The van der Waals surface area contributed by atoms with Crippen LogP contribution in [-0.4, -0.2) is 121 Å². The lowest BCUT2D eigenvalue weighted by molar-refractivity contribution is -0.189. The van der Waals surface area contributed by atoms with Gasteiger partial charge in [-0.3, -0.25) is 0 Å². The van der Waals surface area contributed by atoms with E-state index in [9.17, 15) is 39.4 Å².